The van der Waals surface area contributed by atoms with Gasteiger partial charge in [-0.1, -0.05) is 30.3 Å². The Hall–Kier alpha value is -1.39. The van der Waals surface area contributed by atoms with E-state index in [-0.39, 0.29) is 18.6 Å². The van der Waals surface area contributed by atoms with Gasteiger partial charge in [-0.25, -0.2) is 0 Å². The molecule has 98 valence electrons. The van der Waals surface area contributed by atoms with Gasteiger partial charge in [-0.3, -0.25) is 4.79 Å². The fraction of sp³-hybridized carbons (Fsp3) is 0.500. The summed E-state index contributed by atoms with van der Waals surface area (Å²) in [5, 5.41) is 0. The van der Waals surface area contributed by atoms with Gasteiger partial charge in [0, 0.05) is 19.1 Å². The number of ether oxygens (including phenoxy) is 1. The lowest BCUT2D eigenvalue weighted by Gasteiger charge is -2.30. The number of carbonyl (C=O) groups excluding carboxylic acids is 1. The van der Waals surface area contributed by atoms with Gasteiger partial charge >= 0.3 is 0 Å². The third-order valence-electron chi connectivity index (χ3n) is 3.23. The molecule has 1 aromatic carbocycles. The minimum Gasteiger partial charge on any atom is -0.367 e. The van der Waals surface area contributed by atoms with Gasteiger partial charge in [0.05, 0.1) is 6.61 Å². The van der Waals surface area contributed by atoms with E-state index < -0.39 is 0 Å². The van der Waals surface area contributed by atoms with E-state index in [2.05, 4.69) is 0 Å². The Bertz CT molecular complexity index is 373. The van der Waals surface area contributed by atoms with Crippen molar-refractivity contribution in [3.05, 3.63) is 35.9 Å². The van der Waals surface area contributed by atoms with Gasteiger partial charge in [-0.05, 0) is 18.4 Å². The average molecular weight is 248 g/mol. The maximum absolute atomic E-state index is 11.9. The highest BCUT2D eigenvalue weighted by Gasteiger charge is 2.20. The molecule has 0 atom stereocenters. The molecular weight excluding hydrogens is 228 g/mol. The highest BCUT2D eigenvalue weighted by molar-refractivity contribution is 5.77. The topological polar surface area (TPSA) is 55.6 Å². The Morgan fingerprint density at radius 1 is 1.28 bits per heavy atom. The van der Waals surface area contributed by atoms with E-state index in [9.17, 15) is 4.79 Å². The molecule has 1 aromatic rings. The summed E-state index contributed by atoms with van der Waals surface area (Å²) in [5.41, 5.74) is 6.89. The predicted molar refractivity (Wildman–Crippen MR) is 69.9 cm³/mol. The normalized spacial score (nSPS) is 16.8. The first-order valence-corrected chi connectivity index (χ1v) is 6.41. The molecular formula is C14H20N2O2. The predicted octanol–water partition coefficient (Wildman–Crippen LogP) is 1.15. The third kappa shape index (κ3) is 3.82. The molecule has 0 aromatic heterocycles. The number of amides is 1. The molecule has 2 N–H and O–H groups in total. The lowest BCUT2D eigenvalue weighted by atomic mass is 10.1. The van der Waals surface area contributed by atoms with Gasteiger partial charge in [0.25, 0.3) is 0 Å². The first kappa shape index (κ1) is 13.1. The largest absolute Gasteiger partial charge is 0.367 e. The summed E-state index contributed by atoms with van der Waals surface area (Å²) in [7, 11) is 0. The van der Waals surface area contributed by atoms with E-state index in [0.29, 0.717) is 6.61 Å². The lowest BCUT2D eigenvalue weighted by Crippen LogP contribution is -2.44. The lowest BCUT2D eigenvalue weighted by molar-refractivity contribution is -0.137. The Morgan fingerprint density at radius 2 is 1.94 bits per heavy atom. The number of nitrogens with two attached hydrogens (primary N) is 1. The van der Waals surface area contributed by atoms with Crippen molar-refractivity contribution in [1.82, 2.24) is 4.90 Å². The molecule has 1 amide bonds. The highest BCUT2D eigenvalue weighted by atomic mass is 16.5. The molecule has 0 spiro atoms. The van der Waals surface area contributed by atoms with Crippen molar-refractivity contribution in [1.29, 1.82) is 0 Å². The van der Waals surface area contributed by atoms with Crippen LogP contribution in [-0.4, -0.2) is 36.5 Å². The van der Waals surface area contributed by atoms with Crippen LogP contribution in [0.2, 0.25) is 0 Å². The third-order valence-corrected chi connectivity index (χ3v) is 3.23. The molecule has 0 unspecified atom stereocenters. The van der Waals surface area contributed by atoms with E-state index in [1.165, 1.54) is 0 Å². The summed E-state index contributed by atoms with van der Waals surface area (Å²) in [5.74, 6) is 0.0674. The molecule has 1 heterocycles. The molecule has 0 bridgehead atoms. The molecule has 4 heteroatoms. The summed E-state index contributed by atoms with van der Waals surface area (Å²) in [6.45, 7) is 2.16. The number of piperidine rings is 1. The van der Waals surface area contributed by atoms with Crippen LogP contribution in [0, 0.1) is 0 Å². The molecule has 18 heavy (non-hydrogen) atoms. The zero-order chi connectivity index (χ0) is 12.8. The number of benzene rings is 1. The minimum atomic E-state index is 0.0674. The van der Waals surface area contributed by atoms with Crippen LogP contribution in [0.15, 0.2) is 30.3 Å². The van der Waals surface area contributed by atoms with Crippen molar-refractivity contribution in [2.45, 2.75) is 25.5 Å². The van der Waals surface area contributed by atoms with Gasteiger partial charge < -0.3 is 15.4 Å². The quantitative estimate of drug-likeness (QED) is 0.869. The first-order valence-electron chi connectivity index (χ1n) is 6.41. The minimum absolute atomic E-state index is 0.0674. The van der Waals surface area contributed by atoms with Crippen LogP contribution in [0.25, 0.3) is 0 Å². The second-order valence-electron chi connectivity index (χ2n) is 4.70. The molecule has 0 radical (unpaired) electrons. The van der Waals surface area contributed by atoms with E-state index in [1.807, 2.05) is 35.2 Å². The van der Waals surface area contributed by atoms with Crippen molar-refractivity contribution in [3.63, 3.8) is 0 Å². The maximum Gasteiger partial charge on any atom is 0.248 e. The number of likely N-dealkylation sites (tertiary alicyclic amines) is 1. The number of carbonyl (C=O) groups is 1. The Balaban J connectivity index is 1.69. The summed E-state index contributed by atoms with van der Waals surface area (Å²) in [4.78, 5) is 13.7. The SMILES string of the molecule is NC1CCN(C(=O)COCc2ccccc2)CC1. The number of rotatable bonds is 4. The fourth-order valence-corrected chi connectivity index (χ4v) is 2.07. The second kappa shape index (κ2) is 6.52. The first-order chi connectivity index (χ1) is 8.75. The molecule has 1 aliphatic rings. The van der Waals surface area contributed by atoms with Crippen LogP contribution in [0.5, 0.6) is 0 Å². The smallest absolute Gasteiger partial charge is 0.248 e. The zero-order valence-electron chi connectivity index (χ0n) is 10.5. The molecule has 1 saturated heterocycles. The molecule has 0 saturated carbocycles. The van der Waals surface area contributed by atoms with Crippen LogP contribution in [0.1, 0.15) is 18.4 Å². The Kier molecular flexibility index (Phi) is 4.73. The van der Waals surface area contributed by atoms with E-state index in [1.54, 1.807) is 0 Å². The van der Waals surface area contributed by atoms with Crippen molar-refractivity contribution in [3.8, 4) is 0 Å². The van der Waals surface area contributed by atoms with Crippen molar-refractivity contribution in [2.75, 3.05) is 19.7 Å². The zero-order valence-corrected chi connectivity index (χ0v) is 10.5. The van der Waals surface area contributed by atoms with Crippen molar-refractivity contribution in [2.24, 2.45) is 5.73 Å². The molecule has 4 nitrogen and oxygen atoms in total. The maximum atomic E-state index is 11.9. The van der Waals surface area contributed by atoms with Crippen LogP contribution < -0.4 is 5.73 Å². The summed E-state index contributed by atoms with van der Waals surface area (Å²) in [6.07, 6.45) is 1.79. The average Bonchev–Trinajstić information content (AvgIpc) is 2.40. The van der Waals surface area contributed by atoms with Gasteiger partial charge in [-0.15, -0.1) is 0 Å². The van der Waals surface area contributed by atoms with Crippen LogP contribution in [0.3, 0.4) is 0 Å². The fourth-order valence-electron chi connectivity index (χ4n) is 2.07. The van der Waals surface area contributed by atoms with Crippen LogP contribution in [-0.2, 0) is 16.1 Å². The van der Waals surface area contributed by atoms with Crippen LogP contribution in [0.4, 0.5) is 0 Å². The summed E-state index contributed by atoms with van der Waals surface area (Å²) in [6, 6.07) is 10.1. The summed E-state index contributed by atoms with van der Waals surface area (Å²) >= 11 is 0. The Labute approximate surface area is 108 Å². The Morgan fingerprint density at radius 3 is 2.61 bits per heavy atom. The van der Waals surface area contributed by atoms with Crippen LogP contribution >= 0.6 is 0 Å². The molecule has 1 fully saturated rings. The van der Waals surface area contributed by atoms with Crippen molar-refractivity contribution >= 4 is 5.91 Å². The number of hydrogen-bond donors (Lipinski definition) is 1. The molecule has 2 rings (SSSR count). The van der Waals surface area contributed by atoms with Gasteiger partial charge in [-0.2, -0.15) is 0 Å². The second-order valence-corrected chi connectivity index (χ2v) is 4.70. The highest BCUT2D eigenvalue weighted by Crippen LogP contribution is 2.08. The number of nitrogens with zero attached hydrogens (tertiary/aromatic N) is 1. The van der Waals surface area contributed by atoms with Gasteiger partial charge in [0.15, 0.2) is 0 Å². The van der Waals surface area contributed by atoms with E-state index in [0.717, 1.165) is 31.5 Å². The molecule has 0 aliphatic carbocycles. The monoisotopic (exact) mass is 248 g/mol. The van der Waals surface area contributed by atoms with Gasteiger partial charge in [0.1, 0.15) is 6.61 Å². The number of hydrogen-bond acceptors (Lipinski definition) is 3. The summed E-state index contributed by atoms with van der Waals surface area (Å²) < 4.78 is 5.44. The van der Waals surface area contributed by atoms with E-state index in [4.69, 9.17) is 10.5 Å². The van der Waals surface area contributed by atoms with Gasteiger partial charge in [0.2, 0.25) is 5.91 Å². The standard InChI is InChI=1S/C14H20N2O2/c15-13-6-8-16(9-7-13)14(17)11-18-10-12-4-2-1-3-5-12/h1-5,13H,6-11,15H2. The van der Waals surface area contributed by atoms with E-state index >= 15 is 0 Å². The molecule has 1 aliphatic heterocycles. The van der Waals surface area contributed by atoms with Crippen molar-refractivity contribution < 1.29 is 9.53 Å².